The second kappa shape index (κ2) is 9.16. The third-order valence-corrected chi connectivity index (χ3v) is 6.51. The van der Waals surface area contributed by atoms with Gasteiger partial charge in [-0.05, 0) is 94.6 Å². The molecule has 156 valence electrons. The van der Waals surface area contributed by atoms with Crippen LogP contribution in [0, 0.1) is 7.14 Å². The first-order valence-corrected chi connectivity index (χ1v) is 12.3. The Morgan fingerprint density at radius 3 is 2.50 bits per heavy atom. The van der Waals surface area contributed by atoms with Gasteiger partial charge in [0, 0.05) is 9.13 Å². The zero-order valence-electron chi connectivity index (χ0n) is 15.8. The number of nitrogens with zero attached hydrogens (tertiary/aromatic N) is 2. The summed E-state index contributed by atoms with van der Waals surface area (Å²) < 4.78 is 30.6. The number of carbonyl (C=O) groups is 1. The SMILES string of the molecule is C=CCOc1c(I)cc(I)cc1/C=C1\C(=O)N(c2ccc(S(N)(=O)=O)cc2)N=C1C. The van der Waals surface area contributed by atoms with Crippen LogP contribution < -0.4 is 14.9 Å². The third kappa shape index (κ3) is 4.92. The van der Waals surface area contributed by atoms with Gasteiger partial charge in [-0.1, -0.05) is 12.7 Å². The van der Waals surface area contributed by atoms with Gasteiger partial charge in [0.05, 0.1) is 25.4 Å². The Bertz CT molecular complexity index is 1190. The maximum absolute atomic E-state index is 13.0. The number of hydrogen-bond donors (Lipinski definition) is 1. The molecule has 2 N–H and O–H groups in total. The lowest BCUT2D eigenvalue weighted by Crippen LogP contribution is -2.21. The van der Waals surface area contributed by atoms with Gasteiger partial charge in [0.15, 0.2) is 0 Å². The highest BCUT2D eigenvalue weighted by Crippen LogP contribution is 2.32. The Morgan fingerprint density at radius 1 is 1.23 bits per heavy atom. The number of amides is 1. The average molecular weight is 649 g/mol. The molecule has 10 heteroatoms. The number of halogens is 2. The fourth-order valence-corrected chi connectivity index (χ4v) is 5.33. The zero-order valence-corrected chi connectivity index (χ0v) is 20.9. The van der Waals surface area contributed by atoms with Crippen LogP contribution in [0.25, 0.3) is 6.08 Å². The first-order valence-electron chi connectivity index (χ1n) is 8.59. The van der Waals surface area contributed by atoms with Crippen LogP contribution in [0.5, 0.6) is 5.75 Å². The average Bonchev–Trinajstić information content (AvgIpc) is 2.95. The minimum absolute atomic E-state index is 0.0354. The summed E-state index contributed by atoms with van der Waals surface area (Å²) in [5.41, 5.74) is 2.17. The van der Waals surface area contributed by atoms with Gasteiger partial charge in [-0.25, -0.2) is 13.6 Å². The highest BCUT2D eigenvalue weighted by molar-refractivity contribution is 14.1. The third-order valence-electron chi connectivity index (χ3n) is 4.15. The van der Waals surface area contributed by atoms with Gasteiger partial charge < -0.3 is 4.74 Å². The van der Waals surface area contributed by atoms with Crippen molar-refractivity contribution in [3.05, 3.63) is 67.3 Å². The minimum atomic E-state index is -3.81. The Balaban J connectivity index is 1.98. The van der Waals surface area contributed by atoms with E-state index in [1.165, 1.54) is 29.3 Å². The number of primary sulfonamides is 1. The van der Waals surface area contributed by atoms with E-state index >= 15 is 0 Å². The molecule has 3 rings (SSSR count). The fourth-order valence-electron chi connectivity index (χ4n) is 2.77. The minimum Gasteiger partial charge on any atom is -0.488 e. The van der Waals surface area contributed by atoms with Crippen molar-refractivity contribution in [3.8, 4) is 5.75 Å². The topological polar surface area (TPSA) is 102 Å². The van der Waals surface area contributed by atoms with E-state index in [1.54, 1.807) is 19.1 Å². The molecule has 1 aliphatic heterocycles. The Morgan fingerprint density at radius 2 is 1.90 bits per heavy atom. The summed E-state index contributed by atoms with van der Waals surface area (Å²) in [7, 11) is -3.81. The van der Waals surface area contributed by atoms with Crippen LogP contribution in [0.1, 0.15) is 12.5 Å². The molecule has 1 amide bonds. The number of anilines is 1. The van der Waals surface area contributed by atoms with Crippen molar-refractivity contribution in [3.63, 3.8) is 0 Å². The molecule has 2 aromatic carbocycles. The molecule has 0 radical (unpaired) electrons. The van der Waals surface area contributed by atoms with E-state index in [9.17, 15) is 13.2 Å². The van der Waals surface area contributed by atoms with Gasteiger partial charge in [-0.2, -0.15) is 10.1 Å². The molecule has 7 nitrogen and oxygen atoms in total. The normalized spacial score (nSPS) is 15.5. The Labute approximate surface area is 202 Å². The molecule has 1 heterocycles. The summed E-state index contributed by atoms with van der Waals surface area (Å²) in [6, 6.07) is 9.58. The number of nitrogens with two attached hydrogens (primary N) is 1. The molecule has 0 spiro atoms. The summed E-state index contributed by atoms with van der Waals surface area (Å²) in [6.45, 7) is 5.76. The van der Waals surface area contributed by atoms with Crippen molar-refractivity contribution in [1.29, 1.82) is 0 Å². The van der Waals surface area contributed by atoms with Gasteiger partial charge >= 0.3 is 0 Å². The Hall–Kier alpha value is -1.77. The maximum atomic E-state index is 13.0. The molecule has 0 saturated carbocycles. The van der Waals surface area contributed by atoms with Gasteiger partial charge in [-0.15, -0.1) is 0 Å². The largest absolute Gasteiger partial charge is 0.488 e. The molecular formula is C20H17I2N3O4S. The summed E-state index contributed by atoms with van der Waals surface area (Å²) in [5.74, 6) is 0.347. The van der Waals surface area contributed by atoms with Gasteiger partial charge in [0.1, 0.15) is 12.4 Å². The molecule has 2 aromatic rings. The standard InChI is InChI=1S/C20H17I2N3O4S/c1-3-8-29-19-13(9-14(21)11-18(19)22)10-17-12(2)24-25(20(17)26)15-4-6-16(7-5-15)30(23,27)28/h3-7,9-11H,1,8H2,2H3,(H2,23,27,28)/b17-10-. The van der Waals surface area contributed by atoms with Gasteiger partial charge in [0.2, 0.25) is 10.0 Å². The van der Waals surface area contributed by atoms with Crippen LogP contribution in [-0.4, -0.2) is 26.6 Å². The van der Waals surface area contributed by atoms with E-state index in [-0.39, 0.29) is 10.8 Å². The highest BCUT2D eigenvalue weighted by atomic mass is 127. The summed E-state index contributed by atoms with van der Waals surface area (Å²) in [6.07, 6.45) is 3.41. The molecular weight excluding hydrogens is 632 g/mol. The van der Waals surface area contributed by atoms with Crippen LogP contribution in [0.2, 0.25) is 0 Å². The molecule has 0 bridgehead atoms. The fraction of sp³-hybridized carbons (Fsp3) is 0.100. The lowest BCUT2D eigenvalue weighted by Gasteiger charge is -2.13. The molecule has 1 aliphatic rings. The van der Waals surface area contributed by atoms with Crippen molar-refractivity contribution in [2.24, 2.45) is 10.2 Å². The van der Waals surface area contributed by atoms with Crippen LogP contribution >= 0.6 is 45.2 Å². The maximum Gasteiger partial charge on any atom is 0.280 e. The van der Waals surface area contributed by atoms with E-state index in [4.69, 9.17) is 9.88 Å². The van der Waals surface area contributed by atoms with E-state index in [0.29, 0.717) is 29.3 Å². The second-order valence-electron chi connectivity index (χ2n) is 6.30. The second-order valence-corrected chi connectivity index (χ2v) is 10.3. The van der Waals surface area contributed by atoms with Crippen molar-refractivity contribution in [2.45, 2.75) is 11.8 Å². The quantitative estimate of drug-likeness (QED) is 0.292. The monoisotopic (exact) mass is 649 g/mol. The van der Waals surface area contributed by atoms with E-state index in [0.717, 1.165) is 12.7 Å². The Kier molecular flexibility index (Phi) is 6.99. The van der Waals surface area contributed by atoms with Crippen LogP contribution in [-0.2, 0) is 14.8 Å². The molecule has 0 unspecified atom stereocenters. The molecule has 0 atom stereocenters. The van der Waals surface area contributed by atoms with Crippen LogP contribution in [0.15, 0.2) is 64.6 Å². The smallest absolute Gasteiger partial charge is 0.280 e. The number of benzene rings is 2. The number of rotatable bonds is 6. The predicted molar refractivity (Wildman–Crippen MR) is 134 cm³/mol. The summed E-state index contributed by atoms with van der Waals surface area (Å²) in [4.78, 5) is 13.0. The van der Waals surface area contributed by atoms with Crippen molar-refractivity contribution in [1.82, 2.24) is 0 Å². The predicted octanol–water partition coefficient (Wildman–Crippen LogP) is 3.91. The summed E-state index contributed by atoms with van der Waals surface area (Å²) in [5, 5.41) is 10.7. The van der Waals surface area contributed by atoms with E-state index in [1.807, 2.05) is 12.1 Å². The number of hydrazone groups is 1. The first kappa shape index (κ1) is 22.9. The highest BCUT2D eigenvalue weighted by Gasteiger charge is 2.29. The zero-order chi connectivity index (χ0) is 22.1. The van der Waals surface area contributed by atoms with Crippen LogP contribution in [0.3, 0.4) is 0 Å². The molecule has 30 heavy (non-hydrogen) atoms. The number of carbonyl (C=O) groups excluding carboxylic acids is 1. The molecule has 0 aromatic heterocycles. The van der Waals surface area contributed by atoms with Crippen molar-refractivity contribution in [2.75, 3.05) is 11.6 Å². The first-order chi connectivity index (χ1) is 14.1. The summed E-state index contributed by atoms with van der Waals surface area (Å²) >= 11 is 4.40. The van der Waals surface area contributed by atoms with Gasteiger partial charge in [0.25, 0.3) is 5.91 Å². The van der Waals surface area contributed by atoms with Crippen molar-refractivity contribution >= 4 is 78.6 Å². The van der Waals surface area contributed by atoms with Crippen molar-refractivity contribution < 1.29 is 17.9 Å². The number of sulfonamides is 1. The molecule has 0 fully saturated rings. The number of hydrogen-bond acceptors (Lipinski definition) is 5. The number of ether oxygens (including phenoxy) is 1. The lowest BCUT2D eigenvalue weighted by molar-refractivity contribution is -0.114. The lowest BCUT2D eigenvalue weighted by atomic mass is 10.1. The van der Waals surface area contributed by atoms with Gasteiger partial charge in [-0.3, -0.25) is 4.79 Å². The van der Waals surface area contributed by atoms with E-state index in [2.05, 4.69) is 56.9 Å². The van der Waals surface area contributed by atoms with Crippen LogP contribution in [0.4, 0.5) is 5.69 Å². The molecule has 0 saturated heterocycles. The molecule has 0 aliphatic carbocycles. The van der Waals surface area contributed by atoms with E-state index < -0.39 is 10.0 Å².